The Labute approximate surface area is 114 Å². The van der Waals surface area contributed by atoms with Crippen molar-refractivity contribution in [1.82, 2.24) is 0 Å². The van der Waals surface area contributed by atoms with Gasteiger partial charge in [0.25, 0.3) is 0 Å². The third kappa shape index (κ3) is 2.71. The van der Waals surface area contributed by atoms with E-state index in [1.807, 2.05) is 18.2 Å². The Kier molecular flexibility index (Phi) is 3.65. The number of rotatable bonds is 1. The average molecular weight is 391 g/mol. The quantitative estimate of drug-likeness (QED) is 0.591. The van der Waals surface area contributed by atoms with Crippen LogP contribution in [0.3, 0.4) is 0 Å². The standard InChI is InChI=1S/C12H7Br3/c13-9-3-1-8(2-4-9)11-6-5-10(14)7-12(11)15/h1-7H. The van der Waals surface area contributed by atoms with Gasteiger partial charge in [-0.05, 0) is 35.4 Å². The summed E-state index contributed by atoms with van der Waals surface area (Å²) in [4.78, 5) is 0. The summed E-state index contributed by atoms with van der Waals surface area (Å²) in [6.45, 7) is 0. The SMILES string of the molecule is Brc1ccc(-c2ccc(Br)cc2Br)cc1. The molecule has 0 saturated carbocycles. The lowest BCUT2D eigenvalue weighted by Crippen LogP contribution is -1.79. The molecule has 0 heterocycles. The van der Waals surface area contributed by atoms with Crippen LogP contribution >= 0.6 is 47.8 Å². The maximum absolute atomic E-state index is 3.56. The maximum Gasteiger partial charge on any atom is 0.0264 e. The second kappa shape index (κ2) is 4.81. The van der Waals surface area contributed by atoms with E-state index >= 15 is 0 Å². The van der Waals surface area contributed by atoms with Gasteiger partial charge in [0.05, 0.1) is 0 Å². The highest BCUT2D eigenvalue weighted by molar-refractivity contribution is 9.11. The van der Waals surface area contributed by atoms with Crippen molar-refractivity contribution in [1.29, 1.82) is 0 Å². The Balaban J connectivity index is 2.49. The summed E-state index contributed by atoms with van der Waals surface area (Å²) in [6, 6.07) is 14.5. The molecule has 0 aliphatic heterocycles. The van der Waals surface area contributed by atoms with Crippen LogP contribution in [0.25, 0.3) is 11.1 Å². The van der Waals surface area contributed by atoms with E-state index < -0.39 is 0 Å². The van der Waals surface area contributed by atoms with E-state index in [9.17, 15) is 0 Å². The Morgan fingerprint density at radius 1 is 0.667 bits per heavy atom. The van der Waals surface area contributed by atoms with E-state index in [4.69, 9.17) is 0 Å². The molecule has 0 aromatic heterocycles. The Morgan fingerprint density at radius 2 is 1.27 bits per heavy atom. The minimum absolute atomic E-state index is 1.08. The monoisotopic (exact) mass is 388 g/mol. The zero-order valence-corrected chi connectivity index (χ0v) is 12.4. The van der Waals surface area contributed by atoms with Crippen molar-refractivity contribution in [3.63, 3.8) is 0 Å². The lowest BCUT2D eigenvalue weighted by atomic mass is 10.1. The van der Waals surface area contributed by atoms with Gasteiger partial charge < -0.3 is 0 Å². The topological polar surface area (TPSA) is 0 Å². The normalized spacial score (nSPS) is 10.3. The molecule has 0 spiro atoms. The zero-order chi connectivity index (χ0) is 10.8. The molecule has 0 radical (unpaired) electrons. The average Bonchev–Trinajstić information content (AvgIpc) is 2.20. The molecule has 0 amide bonds. The van der Waals surface area contributed by atoms with Crippen LogP contribution in [0, 0.1) is 0 Å². The van der Waals surface area contributed by atoms with Crippen molar-refractivity contribution in [3.05, 3.63) is 55.9 Å². The van der Waals surface area contributed by atoms with Crippen molar-refractivity contribution < 1.29 is 0 Å². The summed E-state index contributed by atoms with van der Waals surface area (Å²) < 4.78 is 3.27. The predicted molar refractivity (Wildman–Crippen MR) is 75.0 cm³/mol. The number of hydrogen-bond acceptors (Lipinski definition) is 0. The minimum atomic E-state index is 1.08. The van der Waals surface area contributed by atoms with Gasteiger partial charge in [0.1, 0.15) is 0 Å². The van der Waals surface area contributed by atoms with Crippen LogP contribution < -0.4 is 0 Å². The first-order valence-corrected chi connectivity index (χ1v) is 6.76. The van der Waals surface area contributed by atoms with E-state index in [0.717, 1.165) is 13.4 Å². The summed E-state index contributed by atoms with van der Waals surface area (Å²) in [5, 5.41) is 0. The van der Waals surface area contributed by atoms with Gasteiger partial charge in [0, 0.05) is 13.4 Å². The summed E-state index contributed by atoms with van der Waals surface area (Å²) in [6.07, 6.45) is 0. The molecular weight excluding hydrogens is 384 g/mol. The molecule has 0 aliphatic rings. The lowest BCUT2D eigenvalue weighted by Gasteiger charge is -2.05. The van der Waals surface area contributed by atoms with Crippen molar-refractivity contribution >= 4 is 47.8 Å². The molecule has 0 saturated heterocycles. The van der Waals surface area contributed by atoms with Crippen molar-refractivity contribution in [2.75, 3.05) is 0 Å². The van der Waals surface area contributed by atoms with E-state index in [1.165, 1.54) is 11.1 Å². The summed E-state index contributed by atoms with van der Waals surface area (Å²) >= 11 is 10.4. The van der Waals surface area contributed by atoms with Crippen LogP contribution in [0.1, 0.15) is 0 Å². The van der Waals surface area contributed by atoms with Crippen LogP contribution in [0.2, 0.25) is 0 Å². The number of benzene rings is 2. The Morgan fingerprint density at radius 3 is 1.87 bits per heavy atom. The molecule has 0 fully saturated rings. The van der Waals surface area contributed by atoms with Gasteiger partial charge in [-0.25, -0.2) is 0 Å². The predicted octanol–water partition coefficient (Wildman–Crippen LogP) is 5.64. The molecule has 15 heavy (non-hydrogen) atoms. The first kappa shape index (κ1) is 11.4. The van der Waals surface area contributed by atoms with Crippen LogP contribution in [-0.4, -0.2) is 0 Å². The van der Waals surface area contributed by atoms with Crippen molar-refractivity contribution in [2.45, 2.75) is 0 Å². The first-order valence-electron chi connectivity index (χ1n) is 4.38. The fraction of sp³-hybridized carbons (Fsp3) is 0. The maximum atomic E-state index is 3.56. The van der Waals surface area contributed by atoms with Gasteiger partial charge in [0.15, 0.2) is 0 Å². The fourth-order valence-electron chi connectivity index (χ4n) is 1.35. The fourth-order valence-corrected chi connectivity index (χ4v) is 2.89. The molecular formula is C12H7Br3. The molecule has 0 aliphatic carbocycles. The third-order valence-corrected chi connectivity index (χ3v) is 3.76. The molecule has 3 heteroatoms. The van der Waals surface area contributed by atoms with E-state index in [0.29, 0.717) is 0 Å². The number of hydrogen-bond donors (Lipinski definition) is 0. The first-order chi connectivity index (χ1) is 7.16. The van der Waals surface area contributed by atoms with Crippen molar-refractivity contribution in [3.8, 4) is 11.1 Å². The molecule has 2 aromatic rings. The zero-order valence-electron chi connectivity index (χ0n) is 7.68. The minimum Gasteiger partial charge on any atom is -0.0532 e. The molecule has 2 rings (SSSR count). The molecule has 0 nitrogen and oxygen atoms in total. The molecule has 0 atom stereocenters. The van der Waals surface area contributed by atoms with Gasteiger partial charge in [0.2, 0.25) is 0 Å². The molecule has 0 N–H and O–H groups in total. The third-order valence-electron chi connectivity index (χ3n) is 2.09. The molecule has 0 bridgehead atoms. The van der Waals surface area contributed by atoms with E-state index in [2.05, 4.69) is 72.1 Å². The highest BCUT2D eigenvalue weighted by atomic mass is 79.9. The van der Waals surface area contributed by atoms with Gasteiger partial charge >= 0.3 is 0 Å². The lowest BCUT2D eigenvalue weighted by molar-refractivity contribution is 1.55. The van der Waals surface area contributed by atoms with Crippen LogP contribution in [0.15, 0.2) is 55.9 Å². The van der Waals surface area contributed by atoms with Crippen LogP contribution in [0.5, 0.6) is 0 Å². The van der Waals surface area contributed by atoms with Crippen molar-refractivity contribution in [2.24, 2.45) is 0 Å². The van der Waals surface area contributed by atoms with E-state index in [1.54, 1.807) is 0 Å². The van der Waals surface area contributed by atoms with Gasteiger partial charge in [-0.1, -0.05) is 66.0 Å². The Bertz CT molecular complexity index is 475. The van der Waals surface area contributed by atoms with Crippen LogP contribution in [-0.2, 0) is 0 Å². The van der Waals surface area contributed by atoms with E-state index in [-0.39, 0.29) is 0 Å². The highest BCUT2D eigenvalue weighted by Crippen LogP contribution is 2.31. The smallest absolute Gasteiger partial charge is 0.0264 e. The summed E-state index contributed by atoms with van der Waals surface area (Å²) in [7, 11) is 0. The molecule has 76 valence electrons. The second-order valence-corrected chi connectivity index (χ2v) is 5.82. The second-order valence-electron chi connectivity index (χ2n) is 3.13. The van der Waals surface area contributed by atoms with Gasteiger partial charge in [-0.3, -0.25) is 0 Å². The molecule has 2 aromatic carbocycles. The largest absolute Gasteiger partial charge is 0.0532 e. The number of halogens is 3. The van der Waals surface area contributed by atoms with Gasteiger partial charge in [-0.15, -0.1) is 0 Å². The summed E-state index contributed by atoms with van der Waals surface area (Å²) in [5.41, 5.74) is 2.41. The highest BCUT2D eigenvalue weighted by Gasteiger charge is 2.02. The summed E-state index contributed by atoms with van der Waals surface area (Å²) in [5.74, 6) is 0. The Hall–Kier alpha value is -0.120. The van der Waals surface area contributed by atoms with Crippen LogP contribution in [0.4, 0.5) is 0 Å². The van der Waals surface area contributed by atoms with Gasteiger partial charge in [-0.2, -0.15) is 0 Å². The molecule has 0 unspecified atom stereocenters.